The number of carbonyl (C=O) groups is 2. The summed E-state index contributed by atoms with van der Waals surface area (Å²) in [7, 11) is 0. The molecule has 0 fully saturated rings. The van der Waals surface area contributed by atoms with Gasteiger partial charge in [-0.25, -0.2) is 14.0 Å². The molecule has 0 aliphatic heterocycles. The predicted octanol–water partition coefficient (Wildman–Crippen LogP) is 1.75. The van der Waals surface area contributed by atoms with Crippen LogP contribution in [0.25, 0.3) is 11.3 Å². The van der Waals surface area contributed by atoms with Gasteiger partial charge in [-0.3, -0.25) is 5.32 Å². The molecular weight excluding hydrogens is 321 g/mol. The molecule has 1 unspecified atom stereocenters. The van der Waals surface area contributed by atoms with Crippen LogP contribution in [0.2, 0.25) is 0 Å². The average Bonchev–Trinajstić information content (AvgIpc) is 2.87. The number of nitrogens with zero attached hydrogens (tertiary/aromatic N) is 1. The van der Waals surface area contributed by atoms with Crippen LogP contribution in [0, 0.1) is 12.7 Å². The Hall–Kier alpha value is -2.94. The van der Waals surface area contributed by atoms with E-state index in [2.05, 4.69) is 15.8 Å². The summed E-state index contributed by atoms with van der Waals surface area (Å²) in [6.07, 6.45) is 0. The van der Waals surface area contributed by atoms with Gasteiger partial charge in [0.1, 0.15) is 5.82 Å². The highest BCUT2D eigenvalue weighted by molar-refractivity contribution is 5.90. The van der Waals surface area contributed by atoms with Crippen LogP contribution in [-0.2, 0) is 4.79 Å². The van der Waals surface area contributed by atoms with E-state index in [9.17, 15) is 19.1 Å². The van der Waals surface area contributed by atoms with Crippen molar-refractivity contribution in [3.8, 4) is 11.3 Å². The zero-order valence-electron chi connectivity index (χ0n) is 13.0. The topological polar surface area (TPSA) is 125 Å². The molecule has 0 saturated carbocycles. The zero-order chi connectivity index (χ0) is 17.9. The van der Waals surface area contributed by atoms with Crippen LogP contribution in [0.3, 0.4) is 0 Å². The average molecular weight is 337 g/mol. The number of aromatic nitrogens is 1. The van der Waals surface area contributed by atoms with Crippen LogP contribution < -0.4 is 10.6 Å². The normalized spacial score (nSPS) is 13.2. The highest BCUT2D eigenvalue weighted by atomic mass is 19.1. The molecule has 24 heavy (non-hydrogen) atoms. The lowest BCUT2D eigenvalue weighted by Crippen LogP contribution is -2.47. The molecule has 0 saturated heterocycles. The first-order chi connectivity index (χ1) is 11.2. The quantitative estimate of drug-likeness (QED) is 0.659. The number of carboxylic acid groups (broad SMARTS) is 1. The first kappa shape index (κ1) is 17.4. The smallest absolute Gasteiger partial charge is 0.337 e. The van der Waals surface area contributed by atoms with Gasteiger partial charge in [0.25, 0.3) is 0 Å². The molecule has 1 heterocycles. The molecule has 1 atom stereocenters. The van der Waals surface area contributed by atoms with Gasteiger partial charge in [-0.2, -0.15) is 0 Å². The SMILES string of the molecule is Cc1c(NC(=O)NCC(C)(O)C(=O)O)noc1-c1ccccc1F. The summed E-state index contributed by atoms with van der Waals surface area (Å²) in [5.74, 6) is -1.74. The minimum Gasteiger partial charge on any atom is -0.479 e. The molecule has 2 rings (SSSR count). The fourth-order valence-corrected chi connectivity index (χ4v) is 1.83. The minimum absolute atomic E-state index is 0.0562. The van der Waals surface area contributed by atoms with Gasteiger partial charge >= 0.3 is 12.0 Å². The molecular formula is C15H16FN3O5. The van der Waals surface area contributed by atoms with Crippen LogP contribution in [0.5, 0.6) is 0 Å². The van der Waals surface area contributed by atoms with Gasteiger partial charge in [0, 0.05) is 5.56 Å². The van der Waals surface area contributed by atoms with Crippen LogP contribution in [0.4, 0.5) is 15.0 Å². The fraction of sp³-hybridized carbons (Fsp3) is 0.267. The number of nitrogens with one attached hydrogen (secondary N) is 2. The number of hydrogen-bond donors (Lipinski definition) is 4. The van der Waals surface area contributed by atoms with Crippen molar-refractivity contribution < 1.29 is 28.7 Å². The lowest BCUT2D eigenvalue weighted by Gasteiger charge is -2.18. The number of rotatable bonds is 5. The van der Waals surface area contributed by atoms with E-state index in [0.717, 1.165) is 6.92 Å². The Kier molecular flexibility index (Phi) is 4.84. The number of aliphatic carboxylic acids is 1. The number of benzene rings is 1. The van der Waals surface area contributed by atoms with Crippen molar-refractivity contribution in [1.82, 2.24) is 10.5 Å². The largest absolute Gasteiger partial charge is 0.479 e. The summed E-state index contributed by atoms with van der Waals surface area (Å²) in [5, 5.41) is 26.5. The minimum atomic E-state index is -2.10. The molecule has 0 aliphatic rings. The second kappa shape index (κ2) is 6.67. The van der Waals surface area contributed by atoms with E-state index >= 15 is 0 Å². The van der Waals surface area contributed by atoms with Crippen molar-refractivity contribution >= 4 is 17.8 Å². The molecule has 0 spiro atoms. The van der Waals surface area contributed by atoms with Crippen molar-refractivity contribution in [2.24, 2.45) is 0 Å². The van der Waals surface area contributed by atoms with E-state index in [1.54, 1.807) is 13.0 Å². The third-order valence-electron chi connectivity index (χ3n) is 3.33. The van der Waals surface area contributed by atoms with Gasteiger partial charge in [0.2, 0.25) is 0 Å². The highest BCUT2D eigenvalue weighted by Crippen LogP contribution is 2.30. The van der Waals surface area contributed by atoms with Crippen molar-refractivity contribution in [2.45, 2.75) is 19.4 Å². The number of anilines is 1. The second-order valence-corrected chi connectivity index (χ2v) is 5.35. The Morgan fingerprint density at radius 3 is 2.67 bits per heavy atom. The standard InChI is InChI=1S/C15H16FN3O5/c1-8-11(9-5-3-4-6-10(9)16)24-19-12(8)18-14(22)17-7-15(2,23)13(20)21/h3-6,23H,7H2,1-2H3,(H,20,21)(H2,17,18,19,22). The maximum atomic E-state index is 13.8. The van der Waals surface area contributed by atoms with E-state index in [-0.39, 0.29) is 17.1 Å². The Labute approximate surface area is 136 Å². The number of aliphatic hydroxyl groups is 1. The summed E-state index contributed by atoms with van der Waals surface area (Å²) < 4.78 is 18.9. The monoisotopic (exact) mass is 337 g/mol. The summed E-state index contributed by atoms with van der Waals surface area (Å²) in [4.78, 5) is 22.5. The van der Waals surface area contributed by atoms with Gasteiger partial charge in [-0.15, -0.1) is 0 Å². The van der Waals surface area contributed by atoms with Crippen LogP contribution in [0.1, 0.15) is 12.5 Å². The second-order valence-electron chi connectivity index (χ2n) is 5.35. The first-order valence-electron chi connectivity index (χ1n) is 6.94. The van der Waals surface area contributed by atoms with E-state index in [1.807, 2.05) is 0 Å². The number of amides is 2. The lowest BCUT2D eigenvalue weighted by atomic mass is 10.1. The summed E-state index contributed by atoms with van der Waals surface area (Å²) in [6, 6.07) is 5.16. The van der Waals surface area contributed by atoms with Crippen molar-refractivity contribution in [2.75, 3.05) is 11.9 Å². The molecule has 1 aromatic carbocycles. The number of urea groups is 1. The number of carbonyl (C=O) groups excluding carboxylic acids is 1. The van der Waals surface area contributed by atoms with Gasteiger partial charge in [0.05, 0.1) is 12.1 Å². The summed E-state index contributed by atoms with van der Waals surface area (Å²) >= 11 is 0. The lowest BCUT2D eigenvalue weighted by molar-refractivity contribution is -0.155. The third-order valence-corrected chi connectivity index (χ3v) is 3.33. The van der Waals surface area contributed by atoms with Gasteiger partial charge in [-0.05, 0) is 26.0 Å². The highest BCUT2D eigenvalue weighted by Gasteiger charge is 2.30. The van der Waals surface area contributed by atoms with Crippen molar-refractivity contribution in [3.63, 3.8) is 0 Å². The van der Waals surface area contributed by atoms with E-state index in [4.69, 9.17) is 9.63 Å². The number of halogens is 1. The van der Waals surface area contributed by atoms with E-state index < -0.39 is 30.0 Å². The van der Waals surface area contributed by atoms with Gasteiger partial charge in [0.15, 0.2) is 17.2 Å². The Morgan fingerprint density at radius 2 is 2.04 bits per heavy atom. The zero-order valence-corrected chi connectivity index (χ0v) is 13.0. The molecule has 128 valence electrons. The van der Waals surface area contributed by atoms with E-state index in [1.165, 1.54) is 18.2 Å². The predicted molar refractivity (Wildman–Crippen MR) is 81.9 cm³/mol. The third kappa shape index (κ3) is 3.69. The maximum absolute atomic E-state index is 13.8. The Bertz CT molecular complexity index is 772. The fourth-order valence-electron chi connectivity index (χ4n) is 1.83. The van der Waals surface area contributed by atoms with Crippen molar-refractivity contribution in [3.05, 3.63) is 35.6 Å². The van der Waals surface area contributed by atoms with Crippen LogP contribution in [0.15, 0.2) is 28.8 Å². The molecule has 0 bridgehead atoms. The maximum Gasteiger partial charge on any atom is 0.337 e. The molecule has 4 N–H and O–H groups in total. The van der Waals surface area contributed by atoms with Crippen LogP contribution >= 0.6 is 0 Å². The van der Waals surface area contributed by atoms with Crippen LogP contribution in [-0.4, -0.2) is 39.5 Å². The summed E-state index contributed by atoms with van der Waals surface area (Å²) in [6.45, 7) is 2.12. The Balaban J connectivity index is 2.08. The molecule has 2 aromatic rings. The number of carboxylic acids is 1. The molecule has 0 aliphatic carbocycles. The molecule has 8 nitrogen and oxygen atoms in total. The molecule has 1 aromatic heterocycles. The van der Waals surface area contributed by atoms with Crippen molar-refractivity contribution in [1.29, 1.82) is 0 Å². The van der Waals surface area contributed by atoms with Gasteiger partial charge in [-0.1, -0.05) is 17.3 Å². The Morgan fingerprint density at radius 1 is 1.38 bits per heavy atom. The first-order valence-corrected chi connectivity index (χ1v) is 6.94. The number of hydrogen-bond acceptors (Lipinski definition) is 5. The molecule has 2 amide bonds. The molecule has 0 radical (unpaired) electrons. The van der Waals surface area contributed by atoms with E-state index in [0.29, 0.717) is 5.56 Å². The molecule has 9 heteroatoms. The van der Waals surface area contributed by atoms with Gasteiger partial charge < -0.3 is 20.1 Å². The summed E-state index contributed by atoms with van der Waals surface area (Å²) in [5.41, 5.74) is -1.50.